The molecule has 4 nitrogen and oxygen atoms in total. The molecule has 0 N–H and O–H groups in total. The molecule has 0 aliphatic carbocycles. The van der Waals surface area contributed by atoms with Crippen molar-refractivity contribution >= 4 is 12.4 Å². The Balaban J connectivity index is 4.19. The van der Waals surface area contributed by atoms with Gasteiger partial charge < -0.3 is 9.47 Å². The molecule has 0 amide bonds. The molecule has 0 fully saturated rings. The van der Waals surface area contributed by atoms with Gasteiger partial charge in [-0.05, 0) is 13.8 Å². The molecule has 0 spiro atoms. The average molecular weight is 188 g/mol. The van der Waals surface area contributed by atoms with E-state index in [9.17, 15) is 9.59 Å². The van der Waals surface area contributed by atoms with Crippen LogP contribution >= 0.6 is 0 Å². The van der Waals surface area contributed by atoms with Crippen molar-refractivity contribution in [3.05, 3.63) is 0 Å². The fourth-order valence-corrected chi connectivity index (χ4v) is 0.844. The maximum absolute atomic E-state index is 11.3. The molecule has 0 saturated carbocycles. The van der Waals surface area contributed by atoms with Gasteiger partial charge in [0.05, 0.1) is 6.10 Å². The number of hydrogen-bond donors (Lipinski definition) is 0. The summed E-state index contributed by atoms with van der Waals surface area (Å²) in [5.41, 5.74) is 0. The highest BCUT2D eigenvalue weighted by Crippen LogP contribution is 2.08. The minimum absolute atomic E-state index is 0.0727. The van der Waals surface area contributed by atoms with Gasteiger partial charge in [-0.25, -0.2) is 4.79 Å². The summed E-state index contributed by atoms with van der Waals surface area (Å²) in [5, 5.41) is 0. The number of esters is 1. The Morgan fingerprint density at radius 1 is 1.23 bits per heavy atom. The Kier molecular flexibility index (Phi) is 5.11. The molecule has 0 saturated heterocycles. The Hall–Kier alpha value is -1.06. The lowest BCUT2D eigenvalue weighted by Crippen LogP contribution is -2.32. The van der Waals surface area contributed by atoms with Crippen LogP contribution in [0.15, 0.2) is 0 Å². The monoisotopic (exact) mass is 188 g/mol. The summed E-state index contributed by atoms with van der Waals surface area (Å²) in [6.07, 6.45) is -0.982. The van der Waals surface area contributed by atoms with Crippen LogP contribution in [0.5, 0.6) is 0 Å². The van der Waals surface area contributed by atoms with Gasteiger partial charge in [-0.2, -0.15) is 0 Å². The highest BCUT2D eigenvalue weighted by molar-refractivity contribution is 5.76. The van der Waals surface area contributed by atoms with Gasteiger partial charge in [0.25, 0.3) is 6.47 Å². The first kappa shape index (κ1) is 11.9. The van der Waals surface area contributed by atoms with Crippen molar-refractivity contribution in [1.29, 1.82) is 0 Å². The molecule has 0 aliphatic heterocycles. The Bertz CT molecular complexity index is 174. The van der Waals surface area contributed by atoms with E-state index in [1.54, 1.807) is 27.7 Å². The van der Waals surface area contributed by atoms with Crippen LogP contribution in [0, 0.1) is 5.92 Å². The summed E-state index contributed by atoms with van der Waals surface area (Å²) >= 11 is 0. The Morgan fingerprint density at radius 2 is 1.77 bits per heavy atom. The van der Waals surface area contributed by atoms with Gasteiger partial charge in [-0.3, -0.25) is 4.79 Å². The van der Waals surface area contributed by atoms with Crippen molar-refractivity contribution < 1.29 is 19.1 Å². The van der Waals surface area contributed by atoms with E-state index >= 15 is 0 Å². The molecule has 1 unspecified atom stereocenters. The lowest BCUT2D eigenvalue weighted by atomic mass is 10.1. The topological polar surface area (TPSA) is 52.6 Å². The van der Waals surface area contributed by atoms with Crippen molar-refractivity contribution in [2.75, 3.05) is 0 Å². The van der Waals surface area contributed by atoms with Crippen molar-refractivity contribution in [3.63, 3.8) is 0 Å². The number of rotatable bonds is 5. The Morgan fingerprint density at radius 3 is 2.08 bits per heavy atom. The van der Waals surface area contributed by atoms with Gasteiger partial charge in [-0.1, -0.05) is 13.8 Å². The fraction of sp³-hybridized carbons (Fsp3) is 0.778. The first-order valence-electron chi connectivity index (χ1n) is 4.28. The predicted molar refractivity (Wildman–Crippen MR) is 47.0 cm³/mol. The van der Waals surface area contributed by atoms with Crippen LogP contribution in [0.1, 0.15) is 27.7 Å². The number of carbonyl (C=O) groups excluding carboxylic acids is 2. The number of carbonyl (C=O) groups is 2. The van der Waals surface area contributed by atoms with Crippen LogP contribution in [0.2, 0.25) is 0 Å². The SMILES string of the molecule is CC(C)OC(=O)C(OC=O)C(C)C. The second kappa shape index (κ2) is 5.56. The van der Waals surface area contributed by atoms with Gasteiger partial charge in [0.1, 0.15) is 0 Å². The third-order valence-electron chi connectivity index (χ3n) is 1.39. The second-order valence-corrected chi connectivity index (χ2v) is 3.38. The normalized spacial score (nSPS) is 12.8. The van der Waals surface area contributed by atoms with E-state index in [1.807, 2.05) is 0 Å². The van der Waals surface area contributed by atoms with Crippen LogP contribution in [0.3, 0.4) is 0 Å². The summed E-state index contributed by atoms with van der Waals surface area (Å²) in [6, 6.07) is 0. The second-order valence-electron chi connectivity index (χ2n) is 3.38. The molecule has 4 heteroatoms. The summed E-state index contributed by atoms with van der Waals surface area (Å²) in [4.78, 5) is 21.4. The first-order chi connectivity index (χ1) is 5.99. The molecular formula is C9H16O4. The van der Waals surface area contributed by atoms with Gasteiger partial charge in [0.15, 0.2) is 0 Å². The molecule has 0 aromatic heterocycles. The standard InChI is InChI=1S/C9H16O4/c1-6(2)8(12-5-10)9(11)13-7(3)4/h5-8H,1-4H3. The number of ether oxygens (including phenoxy) is 2. The first-order valence-corrected chi connectivity index (χ1v) is 4.28. The largest absolute Gasteiger partial charge is 0.460 e. The zero-order valence-electron chi connectivity index (χ0n) is 8.44. The van der Waals surface area contributed by atoms with Gasteiger partial charge in [-0.15, -0.1) is 0 Å². The maximum atomic E-state index is 11.3. The predicted octanol–water partition coefficient (Wildman–Crippen LogP) is 1.14. The quantitative estimate of drug-likeness (QED) is 0.479. The highest BCUT2D eigenvalue weighted by Gasteiger charge is 2.25. The van der Waals surface area contributed by atoms with Crippen LogP contribution in [0.4, 0.5) is 0 Å². The van der Waals surface area contributed by atoms with Gasteiger partial charge >= 0.3 is 5.97 Å². The van der Waals surface area contributed by atoms with Crippen LogP contribution in [-0.4, -0.2) is 24.6 Å². The van der Waals surface area contributed by atoms with E-state index in [2.05, 4.69) is 4.74 Å². The lowest BCUT2D eigenvalue weighted by Gasteiger charge is -2.18. The molecule has 0 aliphatic rings. The van der Waals surface area contributed by atoms with Crippen molar-refractivity contribution in [1.82, 2.24) is 0 Å². The fourth-order valence-electron chi connectivity index (χ4n) is 0.844. The molecule has 1 atom stereocenters. The van der Waals surface area contributed by atoms with E-state index < -0.39 is 12.1 Å². The molecular weight excluding hydrogens is 172 g/mol. The lowest BCUT2D eigenvalue weighted by molar-refractivity contribution is -0.167. The van der Waals surface area contributed by atoms with Gasteiger partial charge in [0, 0.05) is 5.92 Å². The van der Waals surface area contributed by atoms with Crippen molar-refractivity contribution in [2.45, 2.75) is 39.9 Å². The summed E-state index contributed by atoms with van der Waals surface area (Å²) in [6.45, 7) is 7.34. The van der Waals surface area contributed by atoms with Crippen molar-refractivity contribution in [3.8, 4) is 0 Å². The van der Waals surface area contributed by atoms with Crippen LogP contribution in [-0.2, 0) is 19.1 Å². The average Bonchev–Trinajstić information content (AvgIpc) is 1.97. The maximum Gasteiger partial charge on any atom is 0.347 e. The van der Waals surface area contributed by atoms with E-state index in [-0.39, 0.29) is 18.5 Å². The molecule has 13 heavy (non-hydrogen) atoms. The van der Waals surface area contributed by atoms with Crippen LogP contribution in [0.25, 0.3) is 0 Å². The molecule has 0 radical (unpaired) electrons. The molecule has 76 valence electrons. The zero-order valence-corrected chi connectivity index (χ0v) is 8.44. The highest BCUT2D eigenvalue weighted by atomic mass is 16.6. The van der Waals surface area contributed by atoms with Gasteiger partial charge in [0.2, 0.25) is 6.10 Å². The smallest absolute Gasteiger partial charge is 0.347 e. The molecule has 0 heterocycles. The molecule has 0 rings (SSSR count). The minimum atomic E-state index is -0.792. The summed E-state index contributed by atoms with van der Waals surface area (Å²) in [5.74, 6) is -0.562. The minimum Gasteiger partial charge on any atom is -0.460 e. The third-order valence-corrected chi connectivity index (χ3v) is 1.39. The van der Waals surface area contributed by atoms with E-state index in [0.717, 1.165) is 0 Å². The Labute approximate surface area is 78.2 Å². The van der Waals surface area contributed by atoms with E-state index in [0.29, 0.717) is 0 Å². The summed E-state index contributed by atoms with van der Waals surface area (Å²) < 4.78 is 9.51. The van der Waals surface area contributed by atoms with Crippen LogP contribution < -0.4 is 0 Å². The zero-order chi connectivity index (χ0) is 10.4. The molecule has 0 bridgehead atoms. The van der Waals surface area contributed by atoms with E-state index in [1.165, 1.54) is 0 Å². The van der Waals surface area contributed by atoms with Crippen molar-refractivity contribution in [2.24, 2.45) is 5.92 Å². The molecule has 0 aromatic rings. The number of hydrogen-bond acceptors (Lipinski definition) is 4. The summed E-state index contributed by atoms with van der Waals surface area (Å²) in [7, 11) is 0. The molecule has 0 aromatic carbocycles. The third kappa shape index (κ3) is 4.50. The van der Waals surface area contributed by atoms with E-state index in [4.69, 9.17) is 4.74 Å².